The van der Waals surface area contributed by atoms with Crippen LogP contribution in [0.5, 0.6) is 0 Å². The van der Waals surface area contributed by atoms with Gasteiger partial charge in [-0.1, -0.05) is 26.8 Å². The summed E-state index contributed by atoms with van der Waals surface area (Å²) in [6, 6.07) is 2.61. The zero-order chi connectivity index (χ0) is 19.9. The van der Waals surface area contributed by atoms with E-state index in [2.05, 4.69) is 20.8 Å². The van der Waals surface area contributed by atoms with E-state index in [-0.39, 0.29) is 34.4 Å². The minimum absolute atomic E-state index is 0.0549. The molecule has 3 nitrogen and oxygen atoms in total. The first-order chi connectivity index (χ1) is 12.4. The Bertz CT molecular complexity index is 999. The van der Waals surface area contributed by atoms with Crippen molar-refractivity contribution in [2.75, 3.05) is 0 Å². The quantitative estimate of drug-likeness (QED) is 0.699. The van der Waals surface area contributed by atoms with Crippen LogP contribution in [-0.4, -0.2) is 9.36 Å². The SMILES string of the molecule is Cn1c2c(c(=O)n1Cc1ccc(F)cc1C(F)(F)F)C1CC[C@]2(C)C1(C)C. The molecule has 1 unspecified atom stereocenters. The van der Waals surface area contributed by atoms with Crippen LogP contribution in [0.4, 0.5) is 17.6 Å². The average Bonchev–Trinajstić information content (AvgIpc) is 3.01. The molecule has 0 aliphatic heterocycles. The Labute approximate surface area is 154 Å². The summed E-state index contributed by atoms with van der Waals surface area (Å²) in [4.78, 5) is 13.1. The monoisotopic (exact) mass is 382 g/mol. The van der Waals surface area contributed by atoms with Crippen LogP contribution in [0.25, 0.3) is 0 Å². The molecule has 2 bridgehead atoms. The van der Waals surface area contributed by atoms with Gasteiger partial charge < -0.3 is 0 Å². The van der Waals surface area contributed by atoms with Gasteiger partial charge in [0.15, 0.2) is 0 Å². The van der Waals surface area contributed by atoms with E-state index in [9.17, 15) is 22.4 Å². The van der Waals surface area contributed by atoms with Gasteiger partial charge in [0.2, 0.25) is 0 Å². The lowest BCUT2D eigenvalue weighted by Gasteiger charge is -2.36. The van der Waals surface area contributed by atoms with Crippen molar-refractivity contribution in [3.8, 4) is 0 Å². The maximum Gasteiger partial charge on any atom is 0.416 e. The molecule has 2 aliphatic carbocycles. The molecule has 4 rings (SSSR count). The third-order valence-electron chi connectivity index (χ3n) is 7.20. The Morgan fingerprint density at radius 3 is 2.48 bits per heavy atom. The van der Waals surface area contributed by atoms with Gasteiger partial charge >= 0.3 is 6.18 Å². The zero-order valence-electron chi connectivity index (χ0n) is 15.7. The third kappa shape index (κ3) is 2.23. The smallest absolute Gasteiger partial charge is 0.289 e. The van der Waals surface area contributed by atoms with Crippen LogP contribution in [0.1, 0.15) is 61.9 Å². The molecule has 0 saturated heterocycles. The minimum atomic E-state index is -4.68. The number of hydrogen-bond donors (Lipinski definition) is 0. The molecule has 1 saturated carbocycles. The number of hydrogen-bond acceptors (Lipinski definition) is 1. The maximum absolute atomic E-state index is 13.4. The molecule has 2 aliphatic rings. The predicted molar refractivity (Wildman–Crippen MR) is 93.3 cm³/mol. The van der Waals surface area contributed by atoms with Crippen molar-refractivity contribution in [2.45, 2.75) is 57.7 Å². The van der Waals surface area contributed by atoms with Crippen LogP contribution in [-0.2, 0) is 25.2 Å². The van der Waals surface area contributed by atoms with Gasteiger partial charge in [-0.25, -0.2) is 9.07 Å². The Hall–Kier alpha value is -2.05. The fourth-order valence-corrected chi connectivity index (χ4v) is 5.36. The highest BCUT2D eigenvalue weighted by Gasteiger charge is 2.62. The van der Waals surface area contributed by atoms with Crippen molar-refractivity contribution >= 4 is 0 Å². The Kier molecular flexibility index (Phi) is 3.57. The van der Waals surface area contributed by atoms with Gasteiger partial charge in [-0.05, 0) is 41.9 Å². The van der Waals surface area contributed by atoms with Gasteiger partial charge in [-0.15, -0.1) is 0 Å². The molecule has 2 atom stereocenters. The Morgan fingerprint density at radius 1 is 1.22 bits per heavy atom. The molecule has 27 heavy (non-hydrogen) atoms. The van der Waals surface area contributed by atoms with E-state index in [4.69, 9.17) is 0 Å². The molecular formula is C20H22F4N2O. The fourth-order valence-electron chi connectivity index (χ4n) is 5.36. The molecule has 7 heteroatoms. The van der Waals surface area contributed by atoms with E-state index >= 15 is 0 Å². The summed E-state index contributed by atoms with van der Waals surface area (Å²) < 4.78 is 56.5. The first-order valence-corrected chi connectivity index (χ1v) is 9.05. The number of rotatable bonds is 2. The summed E-state index contributed by atoms with van der Waals surface area (Å²) in [5.74, 6) is -0.826. The van der Waals surface area contributed by atoms with Crippen LogP contribution >= 0.6 is 0 Å². The summed E-state index contributed by atoms with van der Waals surface area (Å²) in [5, 5.41) is 0. The van der Waals surface area contributed by atoms with Crippen LogP contribution in [0.3, 0.4) is 0 Å². The summed E-state index contributed by atoms with van der Waals surface area (Å²) in [5.41, 5.74) is 0.0674. The van der Waals surface area contributed by atoms with Crippen molar-refractivity contribution in [3.05, 3.63) is 56.8 Å². The van der Waals surface area contributed by atoms with Crippen LogP contribution in [0.2, 0.25) is 0 Å². The van der Waals surface area contributed by atoms with Gasteiger partial charge in [0.05, 0.1) is 17.8 Å². The van der Waals surface area contributed by atoms with E-state index in [1.54, 1.807) is 11.7 Å². The number of halogens is 4. The number of fused-ring (bicyclic) bond motifs is 5. The molecule has 146 valence electrons. The first kappa shape index (κ1) is 18.3. The zero-order valence-corrected chi connectivity index (χ0v) is 15.7. The Balaban J connectivity index is 1.85. The Morgan fingerprint density at radius 2 is 1.89 bits per heavy atom. The van der Waals surface area contributed by atoms with Gasteiger partial charge in [0, 0.05) is 18.0 Å². The van der Waals surface area contributed by atoms with E-state index in [1.807, 2.05) is 0 Å². The predicted octanol–water partition coefficient (Wildman–Crippen LogP) is 4.57. The van der Waals surface area contributed by atoms with Crippen molar-refractivity contribution < 1.29 is 17.6 Å². The number of alkyl halides is 3. The molecule has 1 aromatic carbocycles. The summed E-state index contributed by atoms with van der Waals surface area (Å²) in [7, 11) is 1.74. The van der Waals surface area contributed by atoms with E-state index in [0.717, 1.165) is 36.2 Å². The highest BCUT2D eigenvalue weighted by molar-refractivity contribution is 5.45. The second-order valence-corrected chi connectivity index (χ2v) is 8.59. The molecule has 1 heterocycles. The molecule has 0 N–H and O–H groups in total. The summed E-state index contributed by atoms with van der Waals surface area (Å²) in [6.07, 6.45) is -2.80. The normalized spacial score (nSPS) is 25.9. The molecule has 0 radical (unpaired) electrons. The largest absolute Gasteiger partial charge is 0.416 e. The summed E-state index contributed by atoms with van der Waals surface area (Å²) in [6.45, 7) is 6.23. The van der Waals surface area contributed by atoms with E-state index < -0.39 is 17.6 Å². The topological polar surface area (TPSA) is 26.9 Å². The van der Waals surface area contributed by atoms with E-state index in [0.29, 0.717) is 6.07 Å². The molecule has 0 amide bonds. The lowest BCUT2D eigenvalue weighted by Crippen LogP contribution is -2.35. The standard InChI is InChI=1S/C20H22F4N2O/c1-18(2)13-7-8-19(18,3)16-15(13)17(27)26(25(16)4)10-11-5-6-12(21)9-14(11)20(22,23)24/h5-6,9,13H,7-8,10H2,1-4H3/t13?,19-/m0/s1. The number of benzene rings is 1. The van der Waals surface area contributed by atoms with Gasteiger partial charge in [0.25, 0.3) is 5.56 Å². The lowest BCUT2D eigenvalue weighted by molar-refractivity contribution is -0.138. The van der Waals surface area contributed by atoms with Crippen molar-refractivity contribution in [2.24, 2.45) is 12.5 Å². The van der Waals surface area contributed by atoms with Crippen LogP contribution < -0.4 is 5.56 Å². The second kappa shape index (κ2) is 5.26. The highest BCUT2D eigenvalue weighted by atomic mass is 19.4. The molecule has 1 aromatic heterocycles. The number of nitrogens with zero attached hydrogens (tertiary/aromatic N) is 2. The van der Waals surface area contributed by atoms with Gasteiger partial charge in [-0.2, -0.15) is 13.2 Å². The molecular weight excluding hydrogens is 360 g/mol. The van der Waals surface area contributed by atoms with Crippen molar-refractivity contribution in [1.82, 2.24) is 9.36 Å². The van der Waals surface area contributed by atoms with Crippen molar-refractivity contribution in [3.63, 3.8) is 0 Å². The minimum Gasteiger partial charge on any atom is -0.289 e. The molecule has 1 fully saturated rings. The first-order valence-electron chi connectivity index (χ1n) is 9.05. The maximum atomic E-state index is 13.4. The lowest BCUT2D eigenvalue weighted by atomic mass is 9.70. The third-order valence-corrected chi connectivity index (χ3v) is 7.20. The molecule has 0 spiro atoms. The van der Waals surface area contributed by atoms with Crippen molar-refractivity contribution in [1.29, 1.82) is 0 Å². The average molecular weight is 382 g/mol. The van der Waals surface area contributed by atoms with Crippen LogP contribution in [0.15, 0.2) is 23.0 Å². The molecule has 2 aromatic rings. The van der Waals surface area contributed by atoms with E-state index in [1.165, 1.54) is 4.68 Å². The fraction of sp³-hybridized carbons (Fsp3) is 0.550. The number of aromatic nitrogens is 2. The van der Waals surface area contributed by atoms with Gasteiger partial charge in [-0.3, -0.25) is 9.48 Å². The second-order valence-electron chi connectivity index (χ2n) is 8.59. The van der Waals surface area contributed by atoms with Gasteiger partial charge in [0.1, 0.15) is 5.82 Å². The van der Waals surface area contributed by atoms with Crippen LogP contribution in [0, 0.1) is 11.2 Å². The summed E-state index contributed by atoms with van der Waals surface area (Å²) >= 11 is 0. The highest BCUT2D eigenvalue weighted by Crippen LogP contribution is 2.66.